The summed E-state index contributed by atoms with van der Waals surface area (Å²) >= 11 is 0. The van der Waals surface area contributed by atoms with Gasteiger partial charge in [0.25, 0.3) is 0 Å². The van der Waals surface area contributed by atoms with Crippen molar-refractivity contribution in [1.82, 2.24) is 4.90 Å². The highest BCUT2D eigenvalue weighted by molar-refractivity contribution is 5.80. The van der Waals surface area contributed by atoms with E-state index < -0.39 is 0 Å². The predicted octanol–water partition coefficient (Wildman–Crippen LogP) is 2.14. The lowest BCUT2D eigenvalue weighted by atomic mass is 10.3. The van der Waals surface area contributed by atoms with Crippen LogP contribution < -0.4 is 4.74 Å². The molecule has 1 fully saturated rings. The zero-order valence-corrected chi connectivity index (χ0v) is 8.78. The third-order valence-electron chi connectivity index (χ3n) is 2.60. The third kappa shape index (κ3) is 2.72. The molecule has 1 aliphatic rings. The molecule has 1 aliphatic heterocycles. The molecule has 0 amide bonds. The number of rotatable bonds is 4. The van der Waals surface area contributed by atoms with Crippen LogP contribution in [0, 0.1) is 5.41 Å². The zero-order valence-electron chi connectivity index (χ0n) is 8.78. The van der Waals surface area contributed by atoms with Crippen LogP contribution in [-0.2, 0) is 0 Å². The summed E-state index contributed by atoms with van der Waals surface area (Å²) in [7, 11) is 0. The fraction of sp³-hybridized carbons (Fsp3) is 0.417. The molecular formula is C12H16N2O. The lowest BCUT2D eigenvalue weighted by Gasteiger charge is -2.17. The molecule has 1 aromatic rings. The lowest BCUT2D eigenvalue weighted by molar-refractivity contribution is 0.275. The number of nitrogens with one attached hydrogen (secondary N) is 1. The molecule has 0 spiro atoms. The SMILES string of the molecule is N=C1CCCN1CCOc1ccccc1. The van der Waals surface area contributed by atoms with Crippen LogP contribution in [0.15, 0.2) is 30.3 Å². The van der Waals surface area contributed by atoms with E-state index in [1.807, 2.05) is 30.3 Å². The van der Waals surface area contributed by atoms with Crippen molar-refractivity contribution in [1.29, 1.82) is 5.41 Å². The van der Waals surface area contributed by atoms with Gasteiger partial charge in [0.2, 0.25) is 0 Å². The molecular weight excluding hydrogens is 188 g/mol. The summed E-state index contributed by atoms with van der Waals surface area (Å²) in [6, 6.07) is 9.81. The standard InChI is InChI=1S/C12H16N2O/c13-12-7-4-8-14(12)9-10-15-11-5-2-1-3-6-11/h1-3,5-6,13H,4,7-10H2. The Morgan fingerprint density at radius 2 is 2.07 bits per heavy atom. The molecule has 1 saturated heterocycles. The molecule has 2 rings (SSSR count). The first-order valence-corrected chi connectivity index (χ1v) is 5.36. The van der Waals surface area contributed by atoms with Gasteiger partial charge < -0.3 is 9.64 Å². The predicted molar refractivity (Wildman–Crippen MR) is 60.5 cm³/mol. The van der Waals surface area contributed by atoms with E-state index in [1.165, 1.54) is 0 Å². The van der Waals surface area contributed by atoms with Gasteiger partial charge in [0.1, 0.15) is 12.4 Å². The smallest absolute Gasteiger partial charge is 0.119 e. The van der Waals surface area contributed by atoms with Crippen molar-refractivity contribution in [3.05, 3.63) is 30.3 Å². The average molecular weight is 204 g/mol. The van der Waals surface area contributed by atoms with Crippen molar-refractivity contribution < 1.29 is 4.74 Å². The van der Waals surface area contributed by atoms with Crippen LogP contribution in [0.3, 0.4) is 0 Å². The van der Waals surface area contributed by atoms with Gasteiger partial charge >= 0.3 is 0 Å². The molecule has 0 saturated carbocycles. The van der Waals surface area contributed by atoms with Crippen LogP contribution >= 0.6 is 0 Å². The third-order valence-corrected chi connectivity index (χ3v) is 2.60. The summed E-state index contributed by atoms with van der Waals surface area (Å²) in [6.45, 7) is 2.50. The van der Waals surface area contributed by atoms with Gasteiger partial charge in [0.05, 0.1) is 12.4 Å². The highest BCUT2D eigenvalue weighted by atomic mass is 16.5. The van der Waals surface area contributed by atoms with Gasteiger partial charge in [-0.25, -0.2) is 0 Å². The Morgan fingerprint density at radius 3 is 2.73 bits per heavy atom. The Hall–Kier alpha value is -1.51. The van der Waals surface area contributed by atoms with E-state index in [0.717, 1.165) is 37.5 Å². The Balaban J connectivity index is 1.73. The molecule has 1 aromatic carbocycles. The maximum Gasteiger partial charge on any atom is 0.119 e. The molecule has 1 heterocycles. The molecule has 3 nitrogen and oxygen atoms in total. The highest BCUT2D eigenvalue weighted by Gasteiger charge is 2.15. The fourth-order valence-corrected chi connectivity index (χ4v) is 1.77. The summed E-state index contributed by atoms with van der Waals surface area (Å²) in [5.41, 5.74) is 0. The number of ether oxygens (including phenoxy) is 1. The van der Waals surface area contributed by atoms with Crippen molar-refractivity contribution in [3.63, 3.8) is 0 Å². The summed E-state index contributed by atoms with van der Waals surface area (Å²) < 4.78 is 5.58. The molecule has 0 radical (unpaired) electrons. The number of amidine groups is 1. The zero-order chi connectivity index (χ0) is 10.5. The molecule has 0 aromatic heterocycles. The maximum atomic E-state index is 7.66. The van der Waals surface area contributed by atoms with Gasteiger partial charge in [-0.2, -0.15) is 0 Å². The maximum absolute atomic E-state index is 7.66. The Kier molecular flexibility index (Phi) is 3.22. The summed E-state index contributed by atoms with van der Waals surface area (Å²) in [6.07, 6.45) is 2.04. The molecule has 15 heavy (non-hydrogen) atoms. The second-order valence-electron chi connectivity index (χ2n) is 3.70. The van der Waals surface area contributed by atoms with E-state index >= 15 is 0 Å². The van der Waals surface area contributed by atoms with E-state index in [1.54, 1.807) is 0 Å². The second-order valence-corrected chi connectivity index (χ2v) is 3.70. The molecule has 0 atom stereocenters. The molecule has 3 heteroatoms. The molecule has 0 unspecified atom stereocenters. The number of nitrogens with zero attached hydrogens (tertiary/aromatic N) is 1. The largest absolute Gasteiger partial charge is 0.492 e. The number of benzene rings is 1. The van der Waals surface area contributed by atoms with Crippen molar-refractivity contribution in [2.75, 3.05) is 19.7 Å². The number of hydrogen-bond acceptors (Lipinski definition) is 2. The Bertz CT molecular complexity index is 324. The minimum absolute atomic E-state index is 0.659. The van der Waals surface area contributed by atoms with Crippen LogP contribution in [-0.4, -0.2) is 30.4 Å². The topological polar surface area (TPSA) is 36.3 Å². The van der Waals surface area contributed by atoms with Crippen LogP contribution in [0.1, 0.15) is 12.8 Å². The van der Waals surface area contributed by atoms with E-state index in [2.05, 4.69) is 4.90 Å². The first-order chi connectivity index (χ1) is 7.36. The molecule has 1 N–H and O–H groups in total. The van der Waals surface area contributed by atoms with Gasteiger partial charge in [-0.1, -0.05) is 18.2 Å². The minimum Gasteiger partial charge on any atom is -0.492 e. The van der Waals surface area contributed by atoms with Gasteiger partial charge in [0.15, 0.2) is 0 Å². The van der Waals surface area contributed by atoms with E-state index in [9.17, 15) is 0 Å². The van der Waals surface area contributed by atoms with Gasteiger partial charge in [-0.05, 0) is 18.6 Å². The van der Waals surface area contributed by atoms with Crippen molar-refractivity contribution in [2.45, 2.75) is 12.8 Å². The molecule has 80 valence electrons. The van der Waals surface area contributed by atoms with E-state index in [-0.39, 0.29) is 0 Å². The number of hydrogen-bond donors (Lipinski definition) is 1. The van der Waals surface area contributed by atoms with Crippen LogP contribution in [0.2, 0.25) is 0 Å². The monoisotopic (exact) mass is 204 g/mol. The Morgan fingerprint density at radius 1 is 1.27 bits per heavy atom. The van der Waals surface area contributed by atoms with Crippen molar-refractivity contribution >= 4 is 5.84 Å². The summed E-state index contributed by atoms with van der Waals surface area (Å²) in [5, 5.41) is 7.66. The first-order valence-electron chi connectivity index (χ1n) is 5.36. The van der Waals surface area contributed by atoms with Crippen LogP contribution in [0.4, 0.5) is 0 Å². The highest BCUT2D eigenvalue weighted by Crippen LogP contribution is 2.11. The number of likely N-dealkylation sites (tertiary alicyclic amines) is 1. The first kappa shape index (κ1) is 10.0. The fourth-order valence-electron chi connectivity index (χ4n) is 1.77. The van der Waals surface area contributed by atoms with Gasteiger partial charge in [-0.15, -0.1) is 0 Å². The van der Waals surface area contributed by atoms with Gasteiger partial charge in [0, 0.05) is 13.0 Å². The summed E-state index contributed by atoms with van der Waals surface area (Å²) in [4.78, 5) is 2.09. The normalized spacial score (nSPS) is 15.7. The Labute approximate surface area is 90.2 Å². The van der Waals surface area contributed by atoms with E-state index in [0.29, 0.717) is 6.61 Å². The van der Waals surface area contributed by atoms with Crippen molar-refractivity contribution in [2.24, 2.45) is 0 Å². The second kappa shape index (κ2) is 4.82. The van der Waals surface area contributed by atoms with Gasteiger partial charge in [-0.3, -0.25) is 5.41 Å². The van der Waals surface area contributed by atoms with Crippen LogP contribution in [0.5, 0.6) is 5.75 Å². The minimum atomic E-state index is 0.659. The van der Waals surface area contributed by atoms with Crippen LogP contribution in [0.25, 0.3) is 0 Å². The lowest BCUT2D eigenvalue weighted by Crippen LogP contribution is -2.28. The average Bonchev–Trinajstić information content (AvgIpc) is 2.66. The molecule has 0 bridgehead atoms. The molecule has 0 aliphatic carbocycles. The van der Waals surface area contributed by atoms with E-state index in [4.69, 9.17) is 10.1 Å². The summed E-state index contributed by atoms with van der Waals surface area (Å²) in [5.74, 6) is 1.66. The van der Waals surface area contributed by atoms with Crippen molar-refractivity contribution in [3.8, 4) is 5.75 Å². The quantitative estimate of drug-likeness (QED) is 0.815. The number of para-hydroxylation sites is 1.